The van der Waals surface area contributed by atoms with Crippen molar-refractivity contribution in [3.63, 3.8) is 0 Å². The third-order valence-corrected chi connectivity index (χ3v) is 1.50. The highest BCUT2D eigenvalue weighted by Crippen LogP contribution is 1.89. The Labute approximate surface area is 66.8 Å². The van der Waals surface area contributed by atoms with Gasteiger partial charge >= 0.3 is 0 Å². The zero-order chi connectivity index (χ0) is 7.82. The summed E-state index contributed by atoms with van der Waals surface area (Å²) in [7, 11) is 3.73. The first kappa shape index (κ1) is 9.47. The van der Waals surface area contributed by atoms with Crippen molar-refractivity contribution < 1.29 is 0 Å². The molecule has 0 aromatic rings. The Kier molecular flexibility index (Phi) is 6.24. The summed E-state index contributed by atoms with van der Waals surface area (Å²) in [6.45, 7) is 0. The van der Waals surface area contributed by atoms with E-state index in [1.54, 1.807) is 11.8 Å². The Hall–Kier alpha value is -0.530. The summed E-state index contributed by atoms with van der Waals surface area (Å²) in [5.74, 6) is 1.93. The van der Waals surface area contributed by atoms with Gasteiger partial charge in [-0.15, -0.1) is 0 Å². The molecule has 0 bridgehead atoms. The Bertz CT molecular complexity index is 131. The molecule has 2 N–H and O–H groups in total. The molecule has 0 atom stereocenters. The molecule has 0 heterocycles. The van der Waals surface area contributed by atoms with Crippen molar-refractivity contribution in [2.24, 2.45) is 0 Å². The molecule has 2 nitrogen and oxygen atoms in total. The second-order valence-electron chi connectivity index (χ2n) is 1.68. The van der Waals surface area contributed by atoms with Crippen LogP contribution in [0.1, 0.15) is 0 Å². The molecular formula is C7H14N2S. The van der Waals surface area contributed by atoms with Crippen LogP contribution >= 0.6 is 11.8 Å². The van der Waals surface area contributed by atoms with E-state index in [-0.39, 0.29) is 0 Å². The molecule has 0 aliphatic rings. The molecule has 0 saturated heterocycles. The summed E-state index contributed by atoms with van der Waals surface area (Å²) < 4.78 is 0. The van der Waals surface area contributed by atoms with Crippen molar-refractivity contribution in [1.29, 1.82) is 0 Å². The van der Waals surface area contributed by atoms with Crippen LogP contribution in [-0.2, 0) is 0 Å². The van der Waals surface area contributed by atoms with Gasteiger partial charge in [-0.2, -0.15) is 11.8 Å². The summed E-state index contributed by atoms with van der Waals surface area (Å²) >= 11 is 1.78. The van der Waals surface area contributed by atoms with Crippen LogP contribution in [-0.4, -0.2) is 26.1 Å². The number of hydrogen-bond acceptors (Lipinski definition) is 3. The van der Waals surface area contributed by atoms with Crippen LogP contribution in [0.3, 0.4) is 0 Å². The van der Waals surface area contributed by atoms with Gasteiger partial charge in [0.05, 0.1) is 0 Å². The van der Waals surface area contributed by atoms with Gasteiger partial charge in [-0.05, 0) is 12.3 Å². The standard InChI is InChI=1S/C7H14N2S/c1-8-7(9-2)5-4-6-10-3/h4,8-9H,6H2,1-3H3. The van der Waals surface area contributed by atoms with E-state index in [0.717, 1.165) is 11.6 Å². The van der Waals surface area contributed by atoms with Crippen LogP contribution in [0.2, 0.25) is 0 Å². The molecule has 3 heteroatoms. The van der Waals surface area contributed by atoms with Crippen molar-refractivity contribution in [2.75, 3.05) is 26.1 Å². The molecule has 0 rings (SSSR count). The van der Waals surface area contributed by atoms with Gasteiger partial charge < -0.3 is 10.6 Å². The van der Waals surface area contributed by atoms with Crippen LogP contribution in [0, 0.1) is 0 Å². The summed E-state index contributed by atoms with van der Waals surface area (Å²) in [5.41, 5.74) is 3.07. The minimum Gasteiger partial charge on any atom is -0.368 e. The highest BCUT2D eigenvalue weighted by molar-refractivity contribution is 7.98. The monoisotopic (exact) mass is 158 g/mol. The Morgan fingerprint density at radius 3 is 2.50 bits per heavy atom. The maximum atomic E-state index is 3.07. The average molecular weight is 158 g/mol. The maximum absolute atomic E-state index is 3.07. The van der Waals surface area contributed by atoms with E-state index in [1.165, 1.54) is 0 Å². The average Bonchev–Trinajstić information content (AvgIpc) is 1.99. The highest BCUT2D eigenvalue weighted by atomic mass is 32.2. The summed E-state index contributed by atoms with van der Waals surface area (Å²) in [5, 5.41) is 5.93. The molecule has 58 valence electrons. The molecule has 10 heavy (non-hydrogen) atoms. The molecule has 0 radical (unpaired) electrons. The quantitative estimate of drug-likeness (QED) is 0.591. The van der Waals surface area contributed by atoms with E-state index in [1.807, 2.05) is 20.2 Å². The number of nitrogens with one attached hydrogen (secondary N) is 2. The third kappa shape index (κ3) is 4.36. The predicted molar refractivity (Wildman–Crippen MR) is 48.1 cm³/mol. The van der Waals surface area contributed by atoms with Crippen molar-refractivity contribution in [2.45, 2.75) is 0 Å². The Morgan fingerprint density at radius 1 is 1.50 bits per heavy atom. The zero-order valence-electron chi connectivity index (χ0n) is 6.69. The van der Waals surface area contributed by atoms with Gasteiger partial charge in [0.1, 0.15) is 5.82 Å². The van der Waals surface area contributed by atoms with E-state index in [2.05, 4.69) is 22.6 Å². The molecular weight excluding hydrogens is 144 g/mol. The molecule has 0 aromatic heterocycles. The topological polar surface area (TPSA) is 24.1 Å². The fourth-order valence-electron chi connectivity index (χ4n) is 0.496. The molecule has 0 aliphatic carbocycles. The lowest BCUT2D eigenvalue weighted by molar-refractivity contribution is 0.841. The van der Waals surface area contributed by atoms with Gasteiger partial charge in [0.2, 0.25) is 0 Å². The molecule has 0 spiro atoms. The Balaban J connectivity index is 3.82. The lowest BCUT2D eigenvalue weighted by atomic mass is 10.6. The van der Waals surface area contributed by atoms with Gasteiger partial charge in [0.15, 0.2) is 0 Å². The smallest absolute Gasteiger partial charge is 0.143 e. The second-order valence-corrected chi connectivity index (χ2v) is 2.59. The van der Waals surface area contributed by atoms with Crippen molar-refractivity contribution in [1.82, 2.24) is 10.6 Å². The highest BCUT2D eigenvalue weighted by Gasteiger charge is 1.79. The number of rotatable bonds is 4. The minimum atomic E-state index is 0.925. The summed E-state index contributed by atoms with van der Waals surface area (Å²) in [6, 6.07) is 0. The normalized spacial score (nSPS) is 7.90. The molecule has 0 fully saturated rings. The number of hydrogen-bond donors (Lipinski definition) is 2. The lowest BCUT2D eigenvalue weighted by Crippen LogP contribution is -2.17. The van der Waals surface area contributed by atoms with E-state index in [0.29, 0.717) is 0 Å². The minimum absolute atomic E-state index is 0.925. The van der Waals surface area contributed by atoms with Gasteiger partial charge in [0, 0.05) is 19.8 Å². The first-order valence-electron chi connectivity index (χ1n) is 3.14. The van der Waals surface area contributed by atoms with Gasteiger partial charge in [0.25, 0.3) is 0 Å². The second kappa shape index (κ2) is 6.59. The molecule has 0 saturated carbocycles. The summed E-state index contributed by atoms with van der Waals surface area (Å²) in [4.78, 5) is 0. The van der Waals surface area contributed by atoms with Gasteiger partial charge in [-0.1, -0.05) is 5.73 Å². The predicted octanol–water partition coefficient (Wildman–Crippen LogP) is 0.785. The van der Waals surface area contributed by atoms with Crippen molar-refractivity contribution in [3.05, 3.63) is 17.6 Å². The SMILES string of the molecule is CNC(=C=CCSC)NC. The van der Waals surface area contributed by atoms with Crippen molar-refractivity contribution >= 4 is 11.8 Å². The molecule has 0 aliphatic heterocycles. The van der Waals surface area contributed by atoms with Crippen LogP contribution in [0.25, 0.3) is 0 Å². The first-order valence-corrected chi connectivity index (χ1v) is 4.54. The fourth-order valence-corrected chi connectivity index (χ4v) is 0.746. The molecule has 0 amide bonds. The van der Waals surface area contributed by atoms with Crippen molar-refractivity contribution in [3.8, 4) is 0 Å². The Morgan fingerprint density at radius 2 is 2.10 bits per heavy atom. The zero-order valence-corrected chi connectivity index (χ0v) is 7.51. The van der Waals surface area contributed by atoms with E-state index < -0.39 is 0 Å². The van der Waals surface area contributed by atoms with Crippen LogP contribution in [0.5, 0.6) is 0 Å². The van der Waals surface area contributed by atoms with E-state index in [9.17, 15) is 0 Å². The fraction of sp³-hybridized carbons (Fsp3) is 0.571. The maximum Gasteiger partial charge on any atom is 0.143 e. The number of thioether (sulfide) groups is 1. The molecule has 0 unspecified atom stereocenters. The largest absolute Gasteiger partial charge is 0.368 e. The van der Waals surface area contributed by atoms with E-state index in [4.69, 9.17) is 0 Å². The van der Waals surface area contributed by atoms with Gasteiger partial charge in [-0.25, -0.2) is 0 Å². The first-order chi connectivity index (χ1) is 4.85. The van der Waals surface area contributed by atoms with Crippen LogP contribution < -0.4 is 10.6 Å². The lowest BCUT2D eigenvalue weighted by Gasteiger charge is -1.99. The van der Waals surface area contributed by atoms with E-state index >= 15 is 0 Å². The molecule has 0 aromatic carbocycles. The van der Waals surface area contributed by atoms with Crippen LogP contribution in [0.15, 0.2) is 17.6 Å². The van der Waals surface area contributed by atoms with Crippen LogP contribution in [0.4, 0.5) is 0 Å². The van der Waals surface area contributed by atoms with Gasteiger partial charge in [-0.3, -0.25) is 0 Å². The summed E-state index contributed by atoms with van der Waals surface area (Å²) in [6.07, 6.45) is 4.06. The third-order valence-electron chi connectivity index (χ3n) is 0.996.